The average molecular weight is 507 g/mol. The molecule has 4 aromatic rings. The second-order valence-corrected chi connectivity index (χ2v) is 9.35. The minimum Gasteiger partial charge on any atom is -0.388 e. The van der Waals surface area contributed by atoms with Gasteiger partial charge in [-0.25, -0.2) is 9.59 Å². The van der Waals surface area contributed by atoms with E-state index in [9.17, 15) is 14.7 Å². The minimum atomic E-state index is -0.637. The summed E-state index contributed by atoms with van der Waals surface area (Å²) in [5, 5.41) is 10.3. The molecular weight excluding hydrogens is 480 g/mol. The Balaban J connectivity index is 0.000000139. The molecule has 3 atom stereocenters. The van der Waals surface area contributed by atoms with Crippen LogP contribution in [0.1, 0.15) is 40.6 Å². The fourth-order valence-corrected chi connectivity index (χ4v) is 5.38. The highest BCUT2D eigenvalue weighted by Crippen LogP contribution is 2.58. The summed E-state index contributed by atoms with van der Waals surface area (Å²) >= 11 is 0. The largest absolute Gasteiger partial charge is 0.388 e. The van der Waals surface area contributed by atoms with Crippen LogP contribution in [0.25, 0.3) is 0 Å². The summed E-state index contributed by atoms with van der Waals surface area (Å²) in [7, 11) is 0. The SMILES string of the molecule is NC(=O)N1c2ccccc2C2OC2c2ccccc21.NC(=O)N1c2ccccc2CC(O)c2ccccc21. The summed E-state index contributed by atoms with van der Waals surface area (Å²) in [6.07, 6.45) is -0.109. The van der Waals surface area contributed by atoms with Crippen molar-refractivity contribution in [1.29, 1.82) is 0 Å². The van der Waals surface area contributed by atoms with Crippen LogP contribution in [-0.2, 0) is 11.2 Å². The number of urea groups is 2. The molecule has 3 aliphatic heterocycles. The molecule has 38 heavy (non-hydrogen) atoms. The Morgan fingerprint density at radius 2 is 1.03 bits per heavy atom. The van der Waals surface area contributed by atoms with Gasteiger partial charge in [0.15, 0.2) is 0 Å². The molecule has 0 bridgehead atoms. The summed E-state index contributed by atoms with van der Waals surface area (Å²) in [6.45, 7) is 0. The fourth-order valence-electron chi connectivity index (χ4n) is 5.38. The third-order valence-corrected chi connectivity index (χ3v) is 7.08. The lowest BCUT2D eigenvalue weighted by atomic mass is 10.0. The Hall–Kier alpha value is -4.66. The number of anilines is 4. The van der Waals surface area contributed by atoms with Crippen LogP contribution in [0.4, 0.5) is 32.3 Å². The minimum absolute atomic E-state index is 0.0294. The number of carbonyl (C=O) groups excluding carboxylic acids is 2. The molecule has 1 saturated heterocycles. The lowest BCUT2D eigenvalue weighted by Gasteiger charge is -2.23. The number of fused-ring (bicyclic) bond motifs is 7. The highest BCUT2D eigenvalue weighted by molar-refractivity contribution is 6.01. The molecule has 5 N–H and O–H groups in total. The number of epoxide rings is 1. The molecule has 3 heterocycles. The Morgan fingerprint density at radius 1 is 0.632 bits per heavy atom. The first kappa shape index (κ1) is 23.7. The highest BCUT2D eigenvalue weighted by Gasteiger charge is 2.47. The summed E-state index contributed by atoms with van der Waals surface area (Å²) < 4.78 is 5.76. The van der Waals surface area contributed by atoms with Crippen molar-refractivity contribution in [3.05, 3.63) is 119 Å². The van der Waals surface area contributed by atoms with E-state index in [0.29, 0.717) is 12.1 Å². The molecule has 4 aromatic carbocycles. The molecular formula is C30H26N4O4. The van der Waals surface area contributed by atoms with Gasteiger partial charge in [-0.05, 0) is 29.8 Å². The average Bonchev–Trinajstić information content (AvgIpc) is 3.73. The molecule has 0 aliphatic carbocycles. The number of nitrogens with zero attached hydrogens (tertiary/aromatic N) is 2. The van der Waals surface area contributed by atoms with Gasteiger partial charge >= 0.3 is 12.1 Å². The number of ether oxygens (including phenoxy) is 1. The maximum Gasteiger partial charge on any atom is 0.323 e. The van der Waals surface area contributed by atoms with E-state index < -0.39 is 18.2 Å². The van der Waals surface area contributed by atoms with Gasteiger partial charge in [-0.15, -0.1) is 0 Å². The van der Waals surface area contributed by atoms with Crippen LogP contribution in [0.5, 0.6) is 0 Å². The van der Waals surface area contributed by atoms with Crippen LogP contribution in [0.15, 0.2) is 97.1 Å². The monoisotopic (exact) mass is 506 g/mol. The van der Waals surface area contributed by atoms with Crippen molar-refractivity contribution >= 4 is 34.8 Å². The molecule has 3 unspecified atom stereocenters. The van der Waals surface area contributed by atoms with Gasteiger partial charge in [-0.3, -0.25) is 9.80 Å². The van der Waals surface area contributed by atoms with Crippen molar-refractivity contribution in [2.75, 3.05) is 9.80 Å². The van der Waals surface area contributed by atoms with Gasteiger partial charge in [0, 0.05) is 23.1 Å². The molecule has 0 aromatic heterocycles. The van der Waals surface area contributed by atoms with E-state index in [1.807, 2.05) is 91.0 Å². The zero-order chi connectivity index (χ0) is 26.4. The van der Waals surface area contributed by atoms with Gasteiger partial charge in [0.2, 0.25) is 0 Å². The van der Waals surface area contributed by atoms with Gasteiger partial charge in [-0.2, -0.15) is 0 Å². The summed E-state index contributed by atoms with van der Waals surface area (Å²) in [6, 6.07) is 29.3. The van der Waals surface area contributed by atoms with Crippen LogP contribution in [-0.4, -0.2) is 17.2 Å². The summed E-state index contributed by atoms with van der Waals surface area (Å²) in [4.78, 5) is 26.7. The van der Waals surface area contributed by atoms with E-state index >= 15 is 0 Å². The van der Waals surface area contributed by atoms with E-state index in [0.717, 1.165) is 39.3 Å². The molecule has 190 valence electrons. The number of hydrogen-bond acceptors (Lipinski definition) is 4. The first-order chi connectivity index (χ1) is 18.5. The molecule has 0 spiro atoms. The topological polar surface area (TPSA) is 125 Å². The van der Waals surface area contributed by atoms with Crippen LogP contribution < -0.4 is 21.3 Å². The number of carbonyl (C=O) groups is 2. The van der Waals surface area contributed by atoms with Crippen molar-refractivity contribution in [2.24, 2.45) is 11.5 Å². The molecule has 0 saturated carbocycles. The van der Waals surface area contributed by atoms with Gasteiger partial charge < -0.3 is 21.3 Å². The molecule has 3 aliphatic rings. The third-order valence-electron chi connectivity index (χ3n) is 7.08. The highest BCUT2D eigenvalue weighted by atomic mass is 16.6. The first-order valence-corrected chi connectivity index (χ1v) is 12.3. The third kappa shape index (κ3) is 3.96. The number of hydrogen-bond donors (Lipinski definition) is 3. The van der Waals surface area contributed by atoms with Gasteiger partial charge in [0.25, 0.3) is 0 Å². The van der Waals surface area contributed by atoms with Crippen molar-refractivity contribution in [1.82, 2.24) is 0 Å². The summed E-state index contributed by atoms with van der Waals surface area (Å²) in [5.74, 6) is 0. The lowest BCUT2D eigenvalue weighted by Crippen LogP contribution is -2.32. The van der Waals surface area contributed by atoms with Crippen LogP contribution >= 0.6 is 0 Å². The van der Waals surface area contributed by atoms with Gasteiger partial charge in [0.05, 0.1) is 28.9 Å². The van der Waals surface area contributed by atoms with Crippen molar-refractivity contribution in [3.63, 3.8) is 0 Å². The quantitative estimate of drug-likeness (QED) is 0.271. The molecule has 0 radical (unpaired) electrons. The maximum absolute atomic E-state index is 11.9. The normalized spacial score (nSPS) is 20.1. The Bertz CT molecular complexity index is 1430. The Morgan fingerprint density at radius 3 is 1.55 bits per heavy atom. The van der Waals surface area contributed by atoms with Gasteiger partial charge in [-0.1, -0.05) is 72.8 Å². The number of aliphatic hydroxyl groups excluding tert-OH is 1. The van der Waals surface area contributed by atoms with E-state index in [1.165, 1.54) is 4.90 Å². The fraction of sp³-hybridized carbons (Fsp3) is 0.133. The second kappa shape index (κ2) is 9.33. The van der Waals surface area contributed by atoms with Crippen molar-refractivity contribution in [3.8, 4) is 0 Å². The second-order valence-electron chi connectivity index (χ2n) is 9.35. The molecule has 4 amide bonds. The van der Waals surface area contributed by atoms with Crippen molar-refractivity contribution < 1.29 is 19.4 Å². The number of benzene rings is 4. The van der Waals surface area contributed by atoms with E-state index in [2.05, 4.69) is 0 Å². The molecule has 8 nitrogen and oxygen atoms in total. The smallest absolute Gasteiger partial charge is 0.323 e. The maximum atomic E-state index is 11.9. The van der Waals surface area contributed by atoms with E-state index in [-0.39, 0.29) is 12.2 Å². The summed E-state index contributed by atoms with van der Waals surface area (Å²) in [5.41, 5.74) is 17.8. The van der Waals surface area contributed by atoms with E-state index in [4.69, 9.17) is 16.2 Å². The van der Waals surface area contributed by atoms with Gasteiger partial charge in [0.1, 0.15) is 12.2 Å². The number of aliphatic hydroxyl groups is 1. The first-order valence-electron chi connectivity index (χ1n) is 12.3. The number of amides is 4. The number of rotatable bonds is 0. The Labute approximate surface area is 219 Å². The number of nitrogens with two attached hydrogens (primary N) is 2. The Kier molecular flexibility index (Phi) is 5.83. The van der Waals surface area contributed by atoms with Crippen LogP contribution in [0.2, 0.25) is 0 Å². The molecule has 8 heteroatoms. The zero-order valence-corrected chi connectivity index (χ0v) is 20.4. The zero-order valence-electron chi connectivity index (χ0n) is 20.4. The molecule has 7 rings (SSSR count). The number of primary amides is 2. The van der Waals surface area contributed by atoms with E-state index in [1.54, 1.807) is 11.0 Å². The predicted molar refractivity (Wildman–Crippen MR) is 144 cm³/mol. The predicted octanol–water partition coefficient (Wildman–Crippen LogP) is 5.52. The number of para-hydroxylation sites is 4. The van der Waals surface area contributed by atoms with Crippen LogP contribution in [0, 0.1) is 0 Å². The van der Waals surface area contributed by atoms with Crippen molar-refractivity contribution in [2.45, 2.75) is 24.7 Å². The molecule has 1 fully saturated rings. The van der Waals surface area contributed by atoms with Crippen LogP contribution in [0.3, 0.4) is 0 Å². The standard InChI is InChI=1S/C15H12N2O2.C15H14N2O2/c16-15(18)17-11-7-3-1-5-9(11)13-14(19-13)10-6-2-4-8-12(10)17;16-15(19)17-12-7-3-1-5-10(12)9-14(18)11-6-2-4-8-13(11)17/h1-8,13-14H,(H2,16,18);1-8,14,18H,9H2,(H2,16,19). The lowest BCUT2D eigenvalue weighted by molar-refractivity contribution is 0.180.